The van der Waals surface area contributed by atoms with Gasteiger partial charge in [0.2, 0.25) is 0 Å². The number of nitrogens with zero attached hydrogens (tertiary/aromatic N) is 1. The summed E-state index contributed by atoms with van der Waals surface area (Å²) in [6.07, 6.45) is 4.72. The molecule has 6 nitrogen and oxygen atoms in total. The lowest BCUT2D eigenvalue weighted by atomic mass is 9.95. The minimum Gasteiger partial charge on any atom is -0.416 e. The van der Waals surface area contributed by atoms with Gasteiger partial charge < -0.3 is 19.8 Å². The molecular formula is C14H14ClN3O3S. The van der Waals surface area contributed by atoms with Gasteiger partial charge in [0.1, 0.15) is 6.26 Å². The summed E-state index contributed by atoms with van der Waals surface area (Å²) in [5.74, 6) is -0.0652. The van der Waals surface area contributed by atoms with Crippen LogP contribution >= 0.6 is 22.9 Å². The van der Waals surface area contributed by atoms with Crippen LogP contribution in [0.3, 0.4) is 0 Å². The number of carbonyl (C=O) groups is 1. The number of hydrogen-bond donors (Lipinski definition) is 2. The lowest BCUT2D eigenvalue weighted by Gasteiger charge is -2.20. The molecule has 3 atom stereocenters. The van der Waals surface area contributed by atoms with Gasteiger partial charge in [0, 0.05) is 18.1 Å². The van der Waals surface area contributed by atoms with E-state index >= 15 is 0 Å². The van der Waals surface area contributed by atoms with Crippen molar-refractivity contribution in [3.05, 3.63) is 28.4 Å². The summed E-state index contributed by atoms with van der Waals surface area (Å²) in [5, 5.41) is 7.37. The van der Waals surface area contributed by atoms with Crippen LogP contribution in [0.15, 0.2) is 22.8 Å². The second-order valence-corrected chi connectivity index (χ2v) is 6.95. The van der Waals surface area contributed by atoms with Crippen LogP contribution in [0.4, 0.5) is 0 Å². The quantitative estimate of drug-likeness (QED) is 0.895. The van der Waals surface area contributed by atoms with Crippen molar-refractivity contribution in [3.8, 4) is 11.1 Å². The summed E-state index contributed by atoms with van der Waals surface area (Å²) in [5.41, 5.74) is 0. The Labute approximate surface area is 135 Å². The normalized spacial score (nSPS) is 26.3. The summed E-state index contributed by atoms with van der Waals surface area (Å²) in [4.78, 5) is 16.8. The predicted octanol–water partition coefficient (Wildman–Crippen LogP) is 2.80. The van der Waals surface area contributed by atoms with Crippen LogP contribution in [-0.2, 0) is 0 Å². The van der Waals surface area contributed by atoms with E-state index in [0.29, 0.717) is 22.0 Å². The Bertz CT molecular complexity index is 701. The highest BCUT2D eigenvalue weighted by atomic mass is 35.5. The van der Waals surface area contributed by atoms with E-state index in [1.54, 1.807) is 12.1 Å². The van der Waals surface area contributed by atoms with Crippen LogP contribution < -0.4 is 15.4 Å². The third-order valence-electron chi connectivity index (χ3n) is 4.06. The molecule has 2 aliphatic heterocycles. The number of aromatic nitrogens is 1. The fourth-order valence-electron chi connectivity index (χ4n) is 3.09. The van der Waals surface area contributed by atoms with Gasteiger partial charge in [-0.15, -0.1) is 0 Å². The van der Waals surface area contributed by atoms with E-state index in [1.807, 2.05) is 0 Å². The molecule has 4 rings (SSSR count). The van der Waals surface area contributed by atoms with Crippen LogP contribution in [0.2, 0.25) is 5.15 Å². The molecule has 22 heavy (non-hydrogen) atoms. The van der Waals surface area contributed by atoms with Gasteiger partial charge in [0.15, 0.2) is 10.2 Å². The van der Waals surface area contributed by atoms with Gasteiger partial charge >= 0.3 is 6.08 Å². The first-order chi connectivity index (χ1) is 10.7. The molecule has 0 radical (unpaired) electrons. The van der Waals surface area contributed by atoms with Gasteiger partial charge in [-0.25, -0.2) is 0 Å². The molecule has 0 spiro atoms. The average Bonchev–Trinajstić information content (AvgIpc) is 3.24. The monoisotopic (exact) mass is 339 g/mol. The number of amides is 1. The Morgan fingerprint density at radius 1 is 1.50 bits per heavy atom. The van der Waals surface area contributed by atoms with Crippen molar-refractivity contribution in [1.82, 2.24) is 15.6 Å². The molecule has 2 aromatic heterocycles. The van der Waals surface area contributed by atoms with E-state index in [0.717, 1.165) is 12.8 Å². The summed E-state index contributed by atoms with van der Waals surface area (Å²) < 4.78 is 10.4. The van der Waals surface area contributed by atoms with Crippen molar-refractivity contribution in [2.45, 2.75) is 37.4 Å². The van der Waals surface area contributed by atoms with Crippen molar-refractivity contribution in [3.63, 3.8) is 0 Å². The molecule has 1 amide bonds. The molecule has 2 aliphatic rings. The molecule has 0 saturated carbocycles. The van der Waals surface area contributed by atoms with E-state index in [4.69, 9.17) is 20.8 Å². The number of carbonyl (C=O) groups excluding carboxylic acids is 1. The van der Waals surface area contributed by atoms with E-state index < -0.39 is 0 Å². The number of nitrogens with one attached hydrogen (secondary N) is 2. The maximum Gasteiger partial charge on any atom is 0.401 e. The van der Waals surface area contributed by atoms with Crippen molar-refractivity contribution in [1.29, 1.82) is 0 Å². The summed E-state index contributed by atoms with van der Waals surface area (Å²) in [6.45, 7) is 0. The van der Waals surface area contributed by atoms with Crippen molar-refractivity contribution >= 4 is 28.8 Å². The van der Waals surface area contributed by atoms with Crippen LogP contribution in [0.25, 0.3) is 0 Å². The highest BCUT2D eigenvalue weighted by Crippen LogP contribution is 2.31. The maximum atomic E-state index is 12.3. The maximum absolute atomic E-state index is 12.3. The molecule has 3 unspecified atom stereocenters. The molecule has 8 heteroatoms. The van der Waals surface area contributed by atoms with Crippen LogP contribution in [-0.4, -0.2) is 29.0 Å². The summed E-state index contributed by atoms with van der Waals surface area (Å²) in [6, 6.07) is 4.66. The first kappa shape index (κ1) is 14.0. The molecule has 2 bridgehead atoms. The molecule has 116 valence electrons. The number of thiophene rings is 1. The second-order valence-electron chi connectivity index (χ2n) is 5.52. The standard InChI is InChI=1S/C14H14ClN3O3S/c15-11-6-20-14(18-11)21-12-4-3-10(22-12)13(19)17-9-5-7-1-2-8(9)16-7/h3-4,6-9,16H,1-2,5H2,(H,17,19). The number of ether oxygens (including phenoxy) is 1. The van der Waals surface area contributed by atoms with E-state index in [1.165, 1.54) is 24.0 Å². The molecule has 2 saturated heterocycles. The van der Waals surface area contributed by atoms with Crippen molar-refractivity contribution in [2.24, 2.45) is 0 Å². The first-order valence-electron chi connectivity index (χ1n) is 7.13. The topological polar surface area (TPSA) is 76.4 Å². The minimum atomic E-state index is -0.0652. The predicted molar refractivity (Wildman–Crippen MR) is 81.7 cm³/mol. The Balaban J connectivity index is 1.39. The number of halogens is 1. The minimum absolute atomic E-state index is 0.0652. The molecule has 2 fully saturated rings. The highest BCUT2D eigenvalue weighted by molar-refractivity contribution is 7.15. The van der Waals surface area contributed by atoms with Gasteiger partial charge in [-0.2, -0.15) is 4.98 Å². The Morgan fingerprint density at radius 2 is 2.41 bits per heavy atom. The Kier molecular flexibility index (Phi) is 3.56. The largest absolute Gasteiger partial charge is 0.416 e. The second kappa shape index (κ2) is 5.57. The molecule has 0 aromatic carbocycles. The van der Waals surface area contributed by atoms with Gasteiger partial charge in [-0.3, -0.25) is 4.79 Å². The van der Waals surface area contributed by atoms with Gasteiger partial charge in [0.05, 0.1) is 4.88 Å². The number of hydrogen-bond acceptors (Lipinski definition) is 6. The molecule has 4 heterocycles. The third-order valence-corrected chi connectivity index (χ3v) is 5.20. The van der Waals surface area contributed by atoms with Crippen LogP contribution in [0.5, 0.6) is 11.1 Å². The fourth-order valence-corrected chi connectivity index (χ4v) is 3.96. The smallest absolute Gasteiger partial charge is 0.401 e. The Morgan fingerprint density at radius 3 is 3.09 bits per heavy atom. The molecule has 2 N–H and O–H groups in total. The zero-order valence-electron chi connectivity index (χ0n) is 11.5. The first-order valence-corrected chi connectivity index (χ1v) is 8.32. The summed E-state index contributed by atoms with van der Waals surface area (Å²) in [7, 11) is 0. The van der Waals surface area contributed by atoms with E-state index in [9.17, 15) is 4.79 Å². The SMILES string of the molecule is O=C(NC1CC2CCC1N2)c1ccc(Oc2nc(Cl)co2)s1. The highest BCUT2D eigenvalue weighted by Gasteiger charge is 2.39. The fraction of sp³-hybridized carbons (Fsp3) is 0.429. The van der Waals surface area contributed by atoms with E-state index in [2.05, 4.69) is 15.6 Å². The van der Waals surface area contributed by atoms with Crippen LogP contribution in [0, 0.1) is 0 Å². The number of rotatable bonds is 4. The van der Waals surface area contributed by atoms with Gasteiger partial charge in [0.25, 0.3) is 5.91 Å². The number of fused-ring (bicyclic) bond motifs is 2. The Hall–Kier alpha value is -1.57. The van der Waals surface area contributed by atoms with Gasteiger partial charge in [-0.05, 0) is 31.4 Å². The average molecular weight is 340 g/mol. The van der Waals surface area contributed by atoms with Crippen LogP contribution in [0.1, 0.15) is 28.9 Å². The zero-order valence-corrected chi connectivity index (χ0v) is 13.1. The zero-order chi connectivity index (χ0) is 15.1. The van der Waals surface area contributed by atoms with Gasteiger partial charge in [-0.1, -0.05) is 22.9 Å². The summed E-state index contributed by atoms with van der Waals surface area (Å²) >= 11 is 6.91. The number of oxazole rings is 1. The molecule has 2 aromatic rings. The van der Waals surface area contributed by atoms with Crippen molar-refractivity contribution in [2.75, 3.05) is 0 Å². The lowest BCUT2D eigenvalue weighted by Crippen LogP contribution is -2.42. The lowest BCUT2D eigenvalue weighted by molar-refractivity contribution is 0.0935. The van der Waals surface area contributed by atoms with E-state index in [-0.39, 0.29) is 23.2 Å². The van der Waals surface area contributed by atoms with Crippen molar-refractivity contribution < 1.29 is 13.9 Å². The third kappa shape index (κ3) is 2.71. The molecular weight excluding hydrogens is 326 g/mol. The molecule has 0 aliphatic carbocycles.